The Morgan fingerprint density at radius 1 is 1.00 bits per heavy atom. The zero-order valence-electron chi connectivity index (χ0n) is 19.6. The lowest BCUT2D eigenvalue weighted by Crippen LogP contribution is -2.30. The molecular weight excluding hydrogens is 430 g/mol. The van der Waals surface area contributed by atoms with E-state index in [9.17, 15) is 14.7 Å². The molecule has 1 fully saturated rings. The first-order chi connectivity index (χ1) is 16.0. The van der Waals surface area contributed by atoms with E-state index in [1.54, 1.807) is 23.5 Å². The van der Waals surface area contributed by atoms with Crippen molar-refractivity contribution in [2.24, 2.45) is 0 Å². The number of thiophene rings is 1. The zero-order chi connectivity index (χ0) is 23.4. The summed E-state index contributed by atoms with van der Waals surface area (Å²) in [6.45, 7) is 5.47. The van der Waals surface area contributed by atoms with Crippen LogP contribution in [0.15, 0.2) is 42.5 Å². The van der Waals surface area contributed by atoms with Crippen LogP contribution in [0.2, 0.25) is 0 Å². The van der Waals surface area contributed by atoms with Crippen molar-refractivity contribution in [3.05, 3.63) is 64.0 Å². The van der Waals surface area contributed by atoms with Crippen molar-refractivity contribution in [1.29, 1.82) is 0 Å². The van der Waals surface area contributed by atoms with Crippen LogP contribution in [0.1, 0.15) is 84.7 Å². The minimum atomic E-state index is 0.0540. The van der Waals surface area contributed by atoms with Crippen LogP contribution in [0, 0.1) is 0 Å². The molecule has 0 unspecified atom stereocenters. The second-order valence-electron chi connectivity index (χ2n) is 8.95. The minimum Gasteiger partial charge on any atom is -0.508 e. The van der Waals surface area contributed by atoms with E-state index in [2.05, 4.69) is 0 Å². The Balaban J connectivity index is 1.58. The van der Waals surface area contributed by atoms with Gasteiger partial charge in [-0.05, 0) is 62.8 Å². The molecule has 1 aromatic heterocycles. The summed E-state index contributed by atoms with van der Waals surface area (Å²) in [6.07, 6.45) is 7.09. The molecular formula is C28H33NO3S. The maximum absolute atomic E-state index is 13.7. The van der Waals surface area contributed by atoms with Gasteiger partial charge in [-0.1, -0.05) is 43.5 Å². The summed E-state index contributed by atoms with van der Waals surface area (Å²) in [7, 11) is 0. The molecule has 2 aromatic carbocycles. The van der Waals surface area contributed by atoms with Gasteiger partial charge in [0.25, 0.3) is 0 Å². The monoisotopic (exact) mass is 463 g/mol. The van der Waals surface area contributed by atoms with Gasteiger partial charge < -0.3 is 10.0 Å². The van der Waals surface area contributed by atoms with Crippen molar-refractivity contribution in [2.45, 2.75) is 64.7 Å². The number of phenolic OH excluding ortho intramolecular Hbond substituents is 1. The third kappa shape index (κ3) is 5.14. The average Bonchev–Trinajstić information content (AvgIpc) is 3.22. The van der Waals surface area contributed by atoms with Crippen LogP contribution in [0.4, 0.5) is 0 Å². The predicted molar refractivity (Wildman–Crippen MR) is 135 cm³/mol. The fraction of sp³-hybridized carbons (Fsp3) is 0.429. The van der Waals surface area contributed by atoms with Crippen LogP contribution < -0.4 is 0 Å². The Labute approximate surface area is 200 Å². The van der Waals surface area contributed by atoms with Crippen LogP contribution in [-0.4, -0.2) is 34.8 Å². The molecule has 0 bridgehead atoms. The molecule has 1 aliphatic carbocycles. The molecule has 1 amide bonds. The summed E-state index contributed by atoms with van der Waals surface area (Å²) < 4.78 is 0.977. The standard InChI is InChI=1S/C28H33NO3S/c1-3-29(4-2)25(31)17-12-19-10-13-20(14-11-19)27(32)26-23-16-15-22(30)18-24(23)33-28(26)21-8-6-5-7-9-21/h10-11,13-16,18,21,30H,3-9,12,17H2,1-2H3. The van der Waals surface area contributed by atoms with Gasteiger partial charge in [-0.25, -0.2) is 0 Å². The second kappa shape index (κ2) is 10.5. The Morgan fingerprint density at radius 3 is 2.36 bits per heavy atom. The number of carbonyl (C=O) groups is 2. The molecule has 3 aromatic rings. The fourth-order valence-corrected chi connectivity index (χ4v) is 6.35. The van der Waals surface area contributed by atoms with Crippen molar-refractivity contribution in [3.63, 3.8) is 0 Å². The van der Waals surface area contributed by atoms with E-state index in [1.807, 2.05) is 49.1 Å². The third-order valence-electron chi connectivity index (χ3n) is 6.86. The number of benzene rings is 2. The van der Waals surface area contributed by atoms with Crippen LogP contribution in [0.5, 0.6) is 5.75 Å². The highest BCUT2D eigenvalue weighted by molar-refractivity contribution is 7.19. The quantitative estimate of drug-likeness (QED) is 0.379. The van der Waals surface area contributed by atoms with E-state index in [0.717, 1.165) is 47.1 Å². The van der Waals surface area contributed by atoms with E-state index in [-0.39, 0.29) is 17.4 Å². The number of hydrogen-bond acceptors (Lipinski definition) is 4. The van der Waals surface area contributed by atoms with Crippen LogP contribution >= 0.6 is 11.3 Å². The number of fused-ring (bicyclic) bond motifs is 1. The molecule has 174 valence electrons. The van der Waals surface area contributed by atoms with E-state index < -0.39 is 0 Å². The van der Waals surface area contributed by atoms with Crippen LogP contribution in [0.3, 0.4) is 0 Å². The molecule has 0 radical (unpaired) electrons. The fourth-order valence-electron chi connectivity index (χ4n) is 4.94. The van der Waals surface area contributed by atoms with Gasteiger partial charge in [0.05, 0.1) is 0 Å². The number of hydrogen-bond donors (Lipinski definition) is 1. The molecule has 5 heteroatoms. The highest BCUT2D eigenvalue weighted by Crippen LogP contribution is 2.43. The van der Waals surface area contributed by atoms with E-state index in [1.165, 1.54) is 24.1 Å². The maximum atomic E-state index is 13.7. The number of carbonyl (C=O) groups excluding carboxylic acids is 2. The van der Waals surface area contributed by atoms with Crippen molar-refractivity contribution < 1.29 is 14.7 Å². The molecule has 0 spiro atoms. The number of aromatic hydroxyl groups is 1. The van der Waals surface area contributed by atoms with Crippen molar-refractivity contribution >= 4 is 33.1 Å². The van der Waals surface area contributed by atoms with Gasteiger partial charge in [0.1, 0.15) is 5.75 Å². The number of aryl methyl sites for hydroxylation is 1. The number of amides is 1. The Morgan fingerprint density at radius 2 is 1.70 bits per heavy atom. The summed E-state index contributed by atoms with van der Waals surface area (Å²) >= 11 is 1.67. The van der Waals surface area contributed by atoms with Gasteiger partial charge in [-0.15, -0.1) is 11.3 Å². The van der Waals surface area contributed by atoms with E-state index in [0.29, 0.717) is 24.3 Å². The molecule has 0 aliphatic heterocycles. The van der Waals surface area contributed by atoms with Gasteiger partial charge >= 0.3 is 0 Å². The number of phenols is 1. The summed E-state index contributed by atoms with van der Waals surface area (Å²) in [5.41, 5.74) is 2.56. The molecule has 1 N–H and O–H groups in total. The zero-order valence-corrected chi connectivity index (χ0v) is 20.4. The first-order valence-corrected chi connectivity index (χ1v) is 13.0. The van der Waals surface area contributed by atoms with E-state index >= 15 is 0 Å². The highest BCUT2D eigenvalue weighted by Gasteiger charge is 2.27. The third-order valence-corrected chi connectivity index (χ3v) is 8.18. The van der Waals surface area contributed by atoms with Crippen LogP contribution in [0.25, 0.3) is 10.1 Å². The SMILES string of the molecule is CCN(CC)C(=O)CCc1ccc(C(=O)c2c(C3CCCCC3)sc3cc(O)ccc23)cc1. The van der Waals surface area contributed by atoms with Crippen molar-refractivity contribution in [3.8, 4) is 5.75 Å². The Hall–Kier alpha value is -2.66. The van der Waals surface area contributed by atoms with Gasteiger partial charge in [0.2, 0.25) is 5.91 Å². The first kappa shape index (κ1) is 23.5. The summed E-state index contributed by atoms with van der Waals surface area (Å²) in [6, 6.07) is 13.1. The normalized spacial score (nSPS) is 14.5. The summed E-state index contributed by atoms with van der Waals surface area (Å²) in [5, 5.41) is 10.9. The van der Waals surface area contributed by atoms with Crippen molar-refractivity contribution in [2.75, 3.05) is 13.1 Å². The molecule has 4 rings (SSSR count). The van der Waals surface area contributed by atoms with Crippen LogP contribution in [-0.2, 0) is 11.2 Å². The molecule has 1 aliphatic rings. The number of nitrogens with zero attached hydrogens (tertiary/aromatic N) is 1. The largest absolute Gasteiger partial charge is 0.508 e. The lowest BCUT2D eigenvalue weighted by atomic mass is 9.85. The number of rotatable bonds is 8. The first-order valence-electron chi connectivity index (χ1n) is 12.2. The predicted octanol–water partition coefficient (Wildman–Crippen LogP) is 6.69. The summed E-state index contributed by atoms with van der Waals surface area (Å²) in [4.78, 5) is 29.0. The average molecular weight is 464 g/mol. The molecule has 1 heterocycles. The van der Waals surface area contributed by atoms with Gasteiger partial charge in [-0.3, -0.25) is 9.59 Å². The van der Waals surface area contributed by atoms with Gasteiger partial charge in [0, 0.05) is 45.6 Å². The molecule has 33 heavy (non-hydrogen) atoms. The van der Waals surface area contributed by atoms with E-state index in [4.69, 9.17) is 0 Å². The Kier molecular flexibility index (Phi) is 7.49. The molecule has 4 nitrogen and oxygen atoms in total. The topological polar surface area (TPSA) is 57.6 Å². The molecule has 0 atom stereocenters. The lowest BCUT2D eigenvalue weighted by Gasteiger charge is -2.21. The number of ketones is 1. The second-order valence-corrected chi connectivity index (χ2v) is 10.0. The Bertz CT molecular complexity index is 1120. The van der Waals surface area contributed by atoms with Crippen molar-refractivity contribution in [1.82, 2.24) is 4.90 Å². The van der Waals surface area contributed by atoms with Gasteiger partial charge in [-0.2, -0.15) is 0 Å². The summed E-state index contributed by atoms with van der Waals surface area (Å²) in [5.74, 6) is 0.882. The smallest absolute Gasteiger partial charge is 0.222 e. The molecule has 1 saturated carbocycles. The van der Waals surface area contributed by atoms with Gasteiger partial charge in [0.15, 0.2) is 5.78 Å². The lowest BCUT2D eigenvalue weighted by molar-refractivity contribution is -0.130. The molecule has 0 saturated heterocycles. The highest BCUT2D eigenvalue weighted by atomic mass is 32.1. The minimum absolute atomic E-state index is 0.0540. The maximum Gasteiger partial charge on any atom is 0.222 e.